The molecule has 0 unspecified atom stereocenters. The van der Waals surface area contributed by atoms with Gasteiger partial charge in [0.1, 0.15) is 17.3 Å². The Balaban J connectivity index is 0.000000208. The Bertz CT molecular complexity index is 1490. The molecule has 2 N–H and O–H groups in total. The van der Waals surface area contributed by atoms with E-state index in [2.05, 4.69) is 30.5 Å². The molecule has 0 bridgehead atoms. The highest BCUT2D eigenvalue weighted by Gasteiger charge is 2.22. The number of carbonyl (C=O) groups is 2. The van der Waals surface area contributed by atoms with E-state index in [4.69, 9.17) is 9.72 Å². The number of rotatable bonds is 10. The summed E-state index contributed by atoms with van der Waals surface area (Å²) >= 11 is 0. The Kier molecular flexibility index (Phi) is 11.2. The number of benzene rings is 3. The van der Waals surface area contributed by atoms with E-state index in [1.807, 2.05) is 35.2 Å². The maximum absolute atomic E-state index is 11.3. The van der Waals surface area contributed by atoms with Crippen molar-refractivity contribution in [1.29, 1.82) is 0 Å². The van der Waals surface area contributed by atoms with Gasteiger partial charge in [-0.25, -0.2) is 9.78 Å². The van der Waals surface area contributed by atoms with Crippen LogP contribution < -0.4 is 4.74 Å². The minimum Gasteiger partial charge on any atom is -0.508 e. The predicted octanol–water partition coefficient (Wildman–Crippen LogP) is 7.57. The molecule has 2 heterocycles. The summed E-state index contributed by atoms with van der Waals surface area (Å²) < 4.78 is 7.97. The van der Waals surface area contributed by atoms with E-state index in [1.165, 1.54) is 0 Å². The number of amides is 1. The van der Waals surface area contributed by atoms with Gasteiger partial charge in [-0.2, -0.15) is 0 Å². The number of ether oxygens (including phenoxy) is 1. The first kappa shape index (κ1) is 31.6. The highest BCUT2D eigenvalue weighted by atomic mass is 16.5. The van der Waals surface area contributed by atoms with Crippen molar-refractivity contribution < 1.29 is 24.5 Å². The number of aromatic carboxylic acids is 1. The molecule has 0 aliphatic carbocycles. The molecular formula is C35H43N3O5. The van der Waals surface area contributed by atoms with Crippen LogP contribution in [0.4, 0.5) is 0 Å². The number of carbonyl (C=O) groups excluding carboxylic acids is 1. The van der Waals surface area contributed by atoms with Crippen LogP contribution in [0.25, 0.3) is 22.4 Å². The predicted molar refractivity (Wildman–Crippen MR) is 170 cm³/mol. The van der Waals surface area contributed by atoms with Crippen LogP contribution in [0.5, 0.6) is 11.5 Å². The normalized spacial score (nSPS) is 13.5. The molecule has 1 saturated heterocycles. The largest absolute Gasteiger partial charge is 0.508 e. The number of hydrogen-bond acceptors (Lipinski definition) is 5. The zero-order valence-electron chi connectivity index (χ0n) is 25.4. The summed E-state index contributed by atoms with van der Waals surface area (Å²) in [6, 6.07) is 22.6. The van der Waals surface area contributed by atoms with Crippen LogP contribution in [0.3, 0.4) is 0 Å². The van der Waals surface area contributed by atoms with Gasteiger partial charge in [-0.05, 0) is 61.9 Å². The van der Waals surface area contributed by atoms with Crippen molar-refractivity contribution in [1.82, 2.24) is 14.5 Å². The van der Waals surface area contributed by atoms with E-state index in [1.54, 1.807) is 37.3 Å². The number of piperidine rings is 1. The molecule has 3 aromatic carbocycles. The second-order valence-corrected chi connectivity index (χ2v) is 11.2. The SMILES string of the molecule is CC(=O)N1CCC(COc2cccc(O)c2)CC1.CCCC(CCC)n1c(-c2ccccc2)nc2cc(C(=O)O)ccc21. The standard InChI is InChI=1S/C21H24N2O2.C14H19NO3/c1-3-8-17(9-4-2)23-19-13-12-16(21(24)25)14-18(19)22-20(23)15-10-6-5-7-11-15;1-11(16)15-7-5-12(6-8-15)10-18-14-4-2-3-13(17)9-14/h5-7,10-14,17H,3-4,8-9H2,1-2H3,(H,24,25);2-4,9,12,17H,5-8,10H2,1H3. The van der Waals surface area contributed by atoms with Crippen LogP contribution in [0.1, 0.15) is 75.7 Å². The van der Waals surface area contributed by atoms with Crippen LogP contribution >= 0.6 is 0 Å². The molecule has 8 nitrogen and oxygen atoms in total. The maximum atomic E-state index is 11.3. The first-order valence-corrected chi connectivity index (χ1v) is 15.3. The number of phenols is 1. The van der Waals surface area contributed by atoms with Crippen molar-refractivity contribution in [3.05, 3.63) is 78.4 Å². The topological polar surface area (TPSA) is 105 Å². The van der Waals surface area contributed by atoms with Crippen LogP contribution in [0, 0.1) is 5.92 Å². The molecule has 1 aromatic heterocycles. The van der Waals surface area contributed by atoms with Gasteiger partial charge in [0, 0.05) is 37.7 Å². The monoisotopic (exact) mass is 585 g/mol. The molecule has 4 aromatic rings. The van der Waals surface area contributed by atoms with Gasteiger partial charge in [0.15, 0.2) is 0 Å². The van der Waals surface area contributed by atoms with E-state index in [0.717, 1.165) is 74.0 Å². The molecule has 1 aliphatic rings. The van der Waals surface area contributed by atoms with Crippen LogP contribution in [-0.4, -0.2) is 56.2 Å². The molecule has 1 amide bonds. The number of likely N-dealkylation sites (tertiary alicyclic amines) is 1. The highest BCUT2D eigenvalue weighted by molar-refractivity contribution is 5.93. The van der Waals surface area contributed by atoms with Crippen LogP contribution in [0.2, 0.25) is 0 Å². The zero-order chi connectivity index (χ0) is 30.8. The summed E-state index contributed by atoms with van der Waals surface area (Å²) in [4.78, 5) is 29.2. The van der Waals surface area contributed by atoms with Crippen LogP contribution in [0.15, 0.2) is 72.8 Å². The number of nitrogens with zero attached hydrogens (tertiary/aromatic N) is 3. The van der Waals surface area contributed by atoms with Crippen molar-refractivity contribution in [3.63, 3.8) is 0 Å². The fourth-order valence-electron chi connectivity index (χ4n) is 5.66. The molecule has 228 valence electrons. The van der Waals surface area contributed by atoms with E-state index in [0.29, 0.717) is 24.3 Å². The Morgan fingerprint density at radius 3 is 2.26 bits per heavy atom. The second-order valence-electron chi connectivity index (χ2n) is 11.2. The molecule has 0 spiro atoms. The fourth-order valence-corrected chi connectivity index (χ4v) is 5.66. The third-order valence-electron chi connectivity index (χ3n) is 7.94. The molecule has 0 saturated carbocycles. The van der Waals surface area contributed by atoms with E-state index in [-0.39, 0.29) is 17.2 Å². The van der Waals surface area contributed by atoms with Crippen molar-refractivity contribution >= 4 is 22.9 Å². The van der Waals surface area contributed by atoms with Gasteiger partial charge in [0.2, 0.25) is 5.91 Å². The molecule has 5 rings (SSSR count). The third-order valence-corrected chi connectivity index (χ3v) is 7.94. The first-order chi connectivity index (χ1) is 20.8. The lowest BCUT2D eigenvalue weighted by Gasteiger charge is -2.31. The summed E-state index contributed by atoms with van der Waals surface area (Å²) in [7, 11) is 0. The average Bonchev–Trinajstić information content (AvgIpc) is 3.40. The maximum Gasteiger partial charge on any atom is 0.335 e. The van der Waals surface area contributed by atoms with Crippen LogP contribution in [-0.2, 0) is 4.79 Å². The van der Waals surface area contributed by atoms with Gasteiger partial charge >= 0.3 is 5.97 Å². The minimum atomic E-state index is -0.920. The summed E-state index contributed by atoms with van der Waals surface area (Å²) in [5.41, 5.74) is 3.10. The van der Waals surface area contributed by atoms with Crippen molar-refractivity contribution in [2.45, 2.75) is 65.3 Å². The average molecular weight is 586 g/mol. The number of imidazole rings is 1. The lowest BCUT2D eigenvalue weighted by molar-refractivity contribution is -0.130. The Morgan fingerprint density at radius 1 is 0.953 bits per heavy atom. The van der Waals surface area contributed by atoms with Gasteiger partial charge in [-0.3, -0.25) is 4.79 Å². The second kappa shape index (κ2) is 15.2. The number of carboxylic acids is 1. The molecule has 0 atom stereocenters. The number of aromatic nitrogens is 2. The van der Waals surface area contributed by atoms with Gasteiger partial charge in [0.25, 0.3) is 0 Å². The molecule has 8 heteroatoms. The number of carboxylic acid groups (broad SMARTS) is 1. The van der Waals surface area contributed by atoms with Crippen molar-refractivity contribution in [2.24, 2.45) is 5.92 Å². The molecule has 43 heavy (non-hydrogen) atoms. The molecule has 0 radical (unpaired) electrons. The van der Waals surface area contributed by atoms with Gasteiger partial charge in [-0.1, -0.05) is 63.1 Å². The quantitative estimate of drug-likeness (QED) is 0.199. The Morgan fingerprint density at radius 2 is 1.65 bits per heavy atom. The van der Waals surface area contributed by atoms with E-state index in [9.17, 15) is 19.8 Å². The smallest absolute Gasteiger partial charge is 0.335 e. The first-order valence-electron chi connectivity index (χ1n) is 15.3. The third kappa shape index (κ3) is 8.37. The number of fused-ring (bicyclic) bond motifs is 1. The van der Waals surface area contributed by atoms with Gasteiger partial charge in [0.05, 0.1) is 23.2 Å². The van der Waals surface area contributed by atoms with Gasteiger partial charge < -0.3 is 24.4 Å². The number of hydrogen-bond donors (Lipinski definition) is 2. The fraction of sp³-hybridized carbons (Fsp3) is 0.400. The van der Waals surface area contributed by atoms with Crippen molar-refractivity contribution in [2.75, 3.05) is 19.7 Å². The number of phenolic OH excluding ortho intramolecular Hbond substituents is 1. The van der Waals surface area contributed by atoms with E-state index < -0.39 is 5.97 Å². The van der Waals surface area contributed by atoms with E-state index >= 15 is 0 Å². The molecule has 1 aliphatic heterocycles. The summed E-state index contributed by atoms with van der Waals surface area (Å²) in [5.74, 6) is 1.56. The molecular weight excluding hydrogens is 542 g/mol. The summed E-state index contributed by atoms with van der Waals surface area (Å²) in [6.07, 6.45) is 6.34. The Labute approximate surface area is 253 Å². The minimum absolute atomic E-state index is 0.155. The van der Waals surface area contributed by atoms with Crippen molar-refractivity contribution in [3.8, 4) is 22.9 Å². The lowest BCUT2D eigenvalue weighted by atomic mass is 9.98. The number of aromatic hydroxyl groups is 1. The van der Waals surface area contributed by atoms with Gasteiger partial charge in [-0.15, -0.1) is 0 Å². The summed E-state index contributed by atoms with van der Waals surface area (Å²) in [6.45, 7) is 8.31. The highest BCUT2D eigenvalue weighted by Crippen LogP contribution is 2.33. The lowest BCUT2D eigenvalue weighted by Crippen LogP contribution is -2.38. The zero-order valence-corrected chi connectivity index (χ0v) is 25.4. The summed E-state index contributed by atoms with van der Waals surface area (Å²) in [5, 5.41) is 18.6. The molecule has 1 fully saturated rings. The Hall–Kier alpha value is -4.33.